The smallest absolute Gasteiger partial charge is 0.277 e. The maximum absolute atomic E-state index is 13.1. The van der Waals surface area contributed by atoms with Gasteiger partial charge in [0.1, 0.15) is 0 Å². The predicted octanol–water partition coefficient (Wildman–Crippen LogP) is 4.06. The van der Waals surface area contributed by atoms with Gasteiger partial charge in [0.15, 0.2) is 0 Å². The molecule has 1 amide bonds. The molecule has 0 fully saturated rings. The van der Waals surface area contributed by atoms with Crippen molar-refractivity contribution in [2.45, 2.75) is 26.3 Å². The van der Waals surface area contributed by atoms with Crippen LogP contribution in [0.25, 0.3) is 16.6 Å². The van der Waals surface area contributed by atoms with E-state index in [4.69, 9.17) is 0 Å². The van der Waals surface area contributed by atoms with Crippen LogP contribution in [0.5, 0.6) is 0 Å². The number of rotatable bonds is 7. The molecule has 0 radical (unpaired) electrons. The van der Waals surface area contributed by atoms with Crippen LogP contribution in [0, 0.1) is 6.92 Å². The van der Waals surface area contributed by atoms with Gasteiger partial charge in [-0.15, -0.1) is 0 Å². The first-order valence-corrected chi connectivity index (χ1v) is 11.1. The zero-order valence-electron chi connectivity index (χ0n) is 18.7. The molecule has 170 valence electrons. The molecule has 3 N–H and O–H groups in total. The Morgan fingerprint density at radius 1 is 0.971 bits per heavy atom. The minimum absolute atomic E-state index is 0.157. The third kappa shape index (κ3) is 4.38. The normalized spacial score (nSPS) is 11.1. The van der Waals surface area contributed by atoms with Crippen LogP contribution in [0.2, 0.25) is 0 Å². The van der Waals surface area contributed by atoms with Gasteiger partial charge in [0, 0.05) is 29.6 Å². The summed E-state index contributed by atoms with van der Waals surface area (Å²) in [7, 11) is 0. The van der Waals surface area contributed by atoms with Crippen molar-refractivity contribution in [1.82, 2.24) is 19.6 Å². The van der Waals surface area contributed by atoms with Gasteiger partial charge in [-0.2, -0.15) is 9.50 Å². The number of carbonyl (C=O) groups excluding carboxylic acids is 1. The molecule has 0 spiro atoms. The van der Waals surface area contributed by atoms with E-state index in [1.807, 2.05) is 72.8 Å². The van der Waals surface area contributed by atoms with Gasteiger partial charge in [-0.25, -0.2) is 4.98 Å². The molecule has 5 rings (SSSR count). The molecule has 0 saturated heterocycles. The number of aromatic amines is 1. The van der Waals surface area contributed by atoms with Crippen LogP contribution >= 0.6 is 0 Å². The highest BCUT2D eigenvalue weighted by molar-refractivity contribution is 6.02. The number of aryl methyl sites for hydroxylation is 1. The van der Waals surface area contributed by atoms with E-state index >= 15 is 0 Å². The van der Waals surface area contributed by atoms with E-state index in [1.54, 1.807) is 6.92 Å². The molecule has 2 aromatic heterocycles. The van der Waals surface area contributed by atoms with E-state index < -0.39 is 0 Å². The first-order chi connectivity index (χ1) is 16.6. The Morgan fingerprint density at radius 3 is 2.59 bits per heavy atom. The fourth-order valence-corrected chi connectivity index (χ4v) is 3.99. The van der Waals surface area contributed by atoms with E-state index in [0.717, 1.165) is 22.0 Å². The number of nitrogens with one attached hydrogen (secondary N) is 3. The van der Waals surface area contributed by atoms with Gasteiger partial charge in [-0.1, -0.05) is 66.7 Å². The lowest BCUT2D eigenvalue weighted by molar-refractivity contribution is -0.116. The fraction of sp³-hybridized carbons (Fsp3) is 0.154. The largest absolute Gasteiger partial charge is 0.351 e. The average Bonchev–Trinajstić information content (AvgIpc) is 3.26. The minimum Gasteiger partial charge on any atom is -0.351 e. The van der Waals surface area contributed by atoms with Crippen molar-refractivity contribution in [3.8, 4) is 0 Å². The van der Waals surface area contributed by atoms with Crippen LogP contribution in [-0.4, -0.2) is 25.5 Å². The summed E-state index contributed by atoms with van der Waals surface area (Å²) in [6.45, 7) is 2.33. The molecule has 0 atom stereocenters. The van der Waals surface area contributed by atoms with Crippen LogP contribution in [0.15, 0.2) is 77.6 Å². The van der Waals surface area contributed by atoms with Crippen LogP contribution in [0.3, 0.4) is 0 Å². The van der Waals surface area contributed by atoms with Gasteiger partial charge in [-0.05, 0) is 30.4 Å². The minimum atomic E-state index is -0.249. The first-order valence-electron chi connectivity index (χ1n) is 11.1. The molecule has 5 aromatic rings. The van der Waals surface area contributed by atoms with Crippen molar-refractivity contribution in [3.63, 3.8) is 0 Å². The van der Waals surface area contributed by atoms with Gasteiger partial charge >= 0.3 is 0 Å². The number of hydrogen-bond donors (Lipinski definition) is 3. The number of anilines is 2. The lowest BCUT2D eigenvalue weighted by Gasteiger charge is -2.09. The highest BCUT2D eigenvalue weighted by Gasteiger charge is 2.15. The number of benzene rings is 3. The zero-order chi connectivity index (χ0) is 23.5. The number of H-pyrrole nitrogens is 1. The summed E-state index contributed by atoms with van der Waals surface area (Å²) in [6, 6.07) is 23.6. The molecule has 8 nitrogen and oxygen atoms in total. The molecular weight excluding hydrogens is 428 g/mol. The highest BCUT2D eigenvalue weighted by Crippen LogP contribution is 2.23. The Balaban J connectivity index is 1.30. The summed E-state index contributed by atoms with van der Waals surface area (Å²) >= 11 is 0. The third-order valence-corrected chi connectivity index (χ3v) is 5.76. The summed E-state index contributed by atoms with van der Waals surface area (Å²) in [5.41, 5.74) is 2.67. The second kappa shape index (κ2) is 9.19. The Kier molecular flexibility index (Phi) is 5.78. The predicted molar refractivity (Wildman–Crippen MR) is 133 cm³/mol. The van der Waals surface area contributed by atoms with Gasteiger partial charge in [0.05, 0.1) is 5.69 Å². The molecule has 2 heterocycles. The fourth-order valence-electron chi connectivity index (χ4n) is 3.99. The molecule has 0 saturated carbocycles. The summed E-state index contributed by atoms with van der Waals surface area (Å²) in [6.07, 6.45) is 0.448. The maximum atomic E-state index is 13.1. The lowest BCUT2D eigenvalue weighted by atomic mass is 10.1. The van der Waals surface area contributed by atoms with E-state index in [1.165, 1.54) is 4.52 Å². The van der Waals surface area contributed by atoms with Crippen molar-refractivity contribution in [2.75, 3.05) is 10.6 Å². The molecule has 0 bridgehead atoms. The molecule has 0 unspecified atom stereocenters. The van der Waals surface area contributed by atoms with Crippen molar-refractivity contribution in [3.05, 3.63) is 100.0 Å². The molecular formula is C26H24N6O2. The van der Waals surface area contributed by atoms with Gasteiger partial charge < -0.3 is 10.6 Å². The van der Waals surface area contributed by atoms with Gasteiger partial charge in [0.2, 0.25) is 11.9 Å². The van der Waals surface area contributed by atoms with Crippen molar-refractivity contribution < 1.29 is 4.79 Å². The van der Waals surface area contributed by atoms with E-state index in [2.05, 4.69) is 25.7 Å². The molecule has 0 aliphatic heterocycles. The van der Waals surface area contributed by atoms with E-state index in [9.17, 15) is 9.59 Å². The first kappa shape index (κ1) is 21.4. The molecule has 0 aliphatic rings. The monoisotopic (exact) mass is 452 g/mol. The van der Waals surface area contributed by atoms with E-state index in [-0.39, 0.29) is 24.3 Å². The standard InChI is InChI=1S/C26H24N6O2/c1-17-20(14-15-23(33)29-22-13-7-11-19-10-5-6-12-21(19)22)24(34)32-26(28-17)30-25(31-32)27-16-18-8-3-2-4-9-18/h2-13H,14-16H2,1H3,(H,29,33)(H2,27,28,30,31). The number of hydrogen-bond acceptors (Lipinski definition) is 5. The SMILES string of the molecule is Cc1nc2nc(NCc3ccccc3)[nH]n2c(=O)c1CCC(=O)Nc1cccc2ccccc12. The quantitative estimate of drug-likeness (QED) is 0.345. The number of amides is 1. The second-order valence-corrected chi connectivity index (χ2v) is 8.10. The summed E-state index contributed by atoms with van der Waals surface area (Å²) in [5.74, 6) is 0.593. The van der Waals surface area contributed by atoms with Crippen LogP contribution in [0.4, 0.5) is 11.6 Å². The third-order valence-electron chi connectivity index (χ3n) is 5.76. The van der Waals surface area contributed by atoms with Crippen LogP contribution in [0.1, 0.15) is 23.2 Å². The Hall–Kier alpha value is -4.46. The summed E-state index contributed by atoms with van der Waals surface area (Å²) in [4.78, 5) is 34.6. The van der Waals surface area contributed by atoms with Crippen molar-refractivity contribution >= 4 is 34.1 Å². The highest BCUT2D eigenvalue weighted by atomic mass is 16.1. The average molecular weight is 453 g/mol. The van der Waals surface area contributed by atoms with Crippen molar-refractivity contribution in [2.24, 2.45) is 0 Å². The number of aromatic nitrogens is 4. The Labute approximate surface area is 195 Å². The molecule has 0 aliphatic carbocycles. The Morgan fingerprint density at radius 2 is 1.74 bits per heavy atom. The zero-order valence-corrected chi connectivity index (χ0v) is 18.7. The molecule has 8 heteroatoms. The number of fused-ring (bicyclic) bond motifs is 2. The number of nitrogens with zero attached hydrogens (tertiary/aromatic N) is 3. The molecule has 34 heavy (non-hydrogen) atoms. The summed E-state index contributed by atoms with van der Waals surface area (Å²) in [5, 5.41) is 11.1. The van der Waals surface area contributed by atoms with E-state index in [0.29, 0.717) is 29.5 Å². The maximum Gasteiger partial charge on any atom is 0.277 e. The van der Waals surface area contributed by atoms with Gasteiger partial charge in [0.25, 0.3) is 11.3 Å². The van der Waals surface area contributed by atoms with Crippen LogP contribution < -0.4 is 16.2 Å². The lowest BCUT2D eigenvalue weighted by Crippen LogP contribution is -2.23. The second-order valence-electron chi connectivity index (χ2n) is 8.10. The van der Waals surface area contributed by atoms with Crippen molar-refractivity contribution in [1.29, 1.82) is 0 Å². The summed E-state index contributed by atoms with van der Waals surface area (Å²) < 4.78 is 1.32. The Bertz CT molecular complexity index is 1530. The number of carbonyl (C=O) groups is 1. The van der Waals surface area contributed by atoms with Crippen LogP contribution in [-0.2, 0) is 17.8 Å². The molecule has 3 aromatic carbocycles. The van der Waals surface area contributed by atoms with Gasteiger partial charge in [-0.3, -0.25) is 14.7 Å². The topological polar surface area (TPSA) is 104 Å².